The zero-order valence-corrected chi connectivity index (χ0v) is 14.5. The minimum absolute atomic E-state index is 0.0406. The number of hydroxylamine groups is 2. The van der Waals surface area contributed by atoms with Crippen molar-refractivity contribution in [1.29, 1.82) is 0 Å². The lowest BCUT2D eigenvalue weighted by atomic mass is 9.73. The minimum atomic E-state index is -0.355. The van der Waals surface area contributed by atoms with E-state index in [0.29, 0.717) is 12.2 Å². The maximum Gasteiger partial charge on any atom is 0.136 e. The van der Waals surface area contributed by atoms with Crippen molar-refractivity contribution in [2.24, 2.45) is 5.92 Å². The zero-order chi connectivity index (χ0) is 16.5. The van der Waals surface area contributed by atoms with Gasteiger partial charge in [0.15, 0.2) is 0 Å². The molecular weight excluding hydrogens is 274 g/mol. The van der Waals surface area contributed by atoms with Crippen LogP contribution in [0, 0.1) is 12.8 Å². The first-order valence-corrected chi connectivity index (χ1v) is 8.19. The molecule has 0 atom stereocenters. The van der Waals surface area contributed by atoms with Crippen LogP contribution in [0.4, 0.5) is 0 Å². The Morgan fingerprint density at radius 3 is 2.14 bits per heavy atom. The third-order valence-electron chi connectivity index (χ3n) is 4.87. The van der Waals surface area contributed by atoms with Crippen LogP contribution in [0.25, 0.3) is 0 Å². The van der Waals surface area contributed by atoms with Crippen LogP contribution < -0.4 is 0 Å². The molecule has 122 valence electrons. The molecule has 0 aromatic heterocycles. The monoisotopic (exact) mass is 303 g/mol. The molecule has 0 bridgehead atoms. The van der Waals surface area contributed by atoms with Crippen molar-refractivity contribution in [3.63, 3.8) is 0 Å². The van der Waals surface area contributed by atoms with E-state index in [1.54, 1.807) is 0 Å². The van der Waals surface area contributed by atoms with Gasteiger partial charge < -0.3 is 5.21 Å². The van der Waals surface area contributed by atoms with E-state index in [-0.39, 0.29) is 17.0 Å². The van der Waals surface area contributed by atoms with E-state index in [1.807, 2.05) is 27.7 Å². The Morgan fingerprint density at radius 1 is 1.14 bits per heavy atom. The number of ketones is 1. The Balaban J connectivity index is 1.99. The number of benzene rings is 1. The predicted molar refractivity (Wildman–Crippen MR) is 89.0 cm³/mol. The molecule has 0 spiro atoms. The molecule has 1 heterocycles. The van der Waals surface area contributed by atoms with Gasteiger partial charge in [-0.1, -0.05) is 29.8 Å². The van der Waals surface area contributed by atoms with Gasteiger partial charge in [-0.05, 0) is 59.4 Å². The number of aryl methyl sites for hydroxylation is 2. The number of rotatable bonds is 4. The van der Waals surface area contributed by atoms with Gasteiger partial charge in [-0.25, -0.2) is 0 Å². The fourth-order valence-electron chi connectivity index (χ4n) is 3.72. The Morgan fingerprint density at radius 2 is 1.64 bits per heavy atom. The van der Waals surface area contributed by atoms with E-state index in [2.05, 4.69) is 31.2 Å². The van der Waals surface area contributed by atoms with Crippen LogP contribution in [0.5, 0.6) is 0 Å². The maximum atomic E-state index is 12.6. The van der Waals surface area contributed by atoms with Gasteiger partial charge in [0.25, 0.3) is 0 Å². The Hall–Kier alpha value is -1.19. The maximum absolute atomic E-state index is 12.6. The summed E-state index contributed by atoms with van der Waals surface area (Å²) in [5, 5.41) is 11.8. The summed E-state index contributed by atoms with van der Waals surface area (Å²) in [5.41, 5.74) is 1.75. The van der Waals surface area contributed by atoms with Crippen molar-refractivity contribution < 1.29 is 10.0 Å². The number of hydrogen-bond donors (Lipinski definition) is 1. The molecule has 1 saturated heterocycles. The second-order valence-corrected chi connectivity index (χ2v) is 7.99. The summed E-state index contributed by atoms with van der Waals surface area (Å²) in [7, 11) is 0. The van der Waals surface area contributed by atoms with Crippen LogP contribution in [0.3, 0.4) is 0 Å². The molecule has 1 aliphatic heterocycles. The molecule has 0 radical (unpaired) electrons. The summed E-state index contributed by atoms with van der Waals surface area (Å²) in [6.07, 6.45) is 2.84. The van der Waals surface area contributed by atoms with Crippen LogP contribution in [-0.2, 0) is 11.2 Å². The Kier molecular flexibility index (Phi) is 4.78. The summed E-state index contributed by atoms with van der Waals surface area (Å²) in [6.45, 7) is 10.1. The molecule has 1 N–H and O–H groups in total. The summed E-state index contributed by atoms with van der Waals surface area (Å²) >= 11 is 0. The van der Waals surface area contributed by atoms with Crippen molar-refractivity contribution in [1.82, 2.24) is 5.06 Å². The summed E-state index contributed by atoms with van der Waals surface area (Å²) in [6, 6.07) is 8.40. The van der Waals surface area contributed by atoms with Gasteiger partial charge in [-0.15, -0.1) is 0 Å². The lowest BCUT2D eigenvalue weighted by molar-refractivity contribution is -0.249. The minimum Gasteiger partial charge on any atom is -0.313 e. The molecule has 3 nitrogen and oxygen atoms in total. The fourth-order valence-corrected chi connectivity index (χ4v) is 3.72. The highest BCUT2D eigenvalue weighted by atomic mass is 16.5. The Labute approximate surface area is 134 Å². The largest absolute Gasteiger partial charge is 0.313 e. The van der Waals surface area contributed by atoms with E-state index in [0.717, 1.165) is 19.3 Å². The average Bonchev–Trinajstić information content (AvgIpc) is 2.43. The lowest BCUT2D eigenvalue weighted by Crippen LogP contribution is -2.59. The van der Waals surface area contributed by atoms with E-state index in [1.165, 1.54) is 16.2 Å². The van der Waals surface area contributed by atoms with Crippen molar-refractivity contribution in [3.05, 3.63) is 35.4 Å². The van der Waals surface area contributed by atoms with Gasteiger partial charge >= 0.3 is 0 Å². The van der Waals surface area contributed by atoms with Crippen LogP contribution in [0.15, 0.2) is 24.3 Å². The van der Waals surface area contributed by atoms with Crippen LogP contribution in [-0.4, -0.2) is 27.1 Å². The highest BCUT2D eigenvalue weighted by Crippen LogP contribution is 2.40. The van der Waals surface area contributed by atoms with Gasteiger partial charge in [0.2, 0.25) is 0 Å². The molecule has 22 heavy (non-hydrogen) atoms. The molecule has 1 aliphatic rings. The molecule has 2 rings (SSSR count). The summed E-state index contributed by atoms with van der Waals surface area (Å²) in [4.78, 5) is 12.6. The molecule has 1 aromatic carbocycles. The van der Waals surface area contributed by atoms with Gasteiger partial charge in [-0.2, -0.15) is 5.06 Å². The number of carbonyl (C=O) groups is 1. The number of piperidine rings is 1. The SMILES string of the molecule is Cc1ccc(CCC(=O)C2CC(C)(C)N(O)C(C)(C)C2)cc1. The summed E-state index contributed by atoms with van der Waals surface area (Å²) in [5.74, 6) is 0.369. The molecular formula is C19H29NO2. The van der Waals surface area contributed by atoms with Crippen LogP contribution >= 0.6 is 0 Å². The van der Waals surface area contributed by atoms with E-state index in [4.69, 9.17) is 0 Å². The van der Waals surface area contributed by atoms with Crippen molar-refractivity contribution in [3.8, 4) is 0 Å². The van der Waals surface area contributed by atoms with Gasteiger partial charge in [0.1, 0.15) is 5.78 Å². The third-order valence-corrected chi connectivity index (χ3v) is 4.87. The summed E-state index contributed by atoms with van der Waals surface area (Å²) < 4.78 is 0. The molecule has 3 heteroatoms. The smallest absolute Gasteiger partial charge is 0.136 e. The van der Waals surface area contributed by atoms with Crippen molar-refractivity contribution in [2.45, 2.75) is 71.4 Å². The van der Waals surface area contributed by atoms with Gasteiger partial charge in [0, 0.05) is 23.4 Å². The van der Waals surface area contributed by atoms with Gasteiger partial charge in [0.05, 0.1) is 0 Å². The Bertz CT molecular complexity index is 513. The molecule has 1 fully saturated rings. The first-order chi connectivity index (χ1) is 10.1. The molecule has 0 saturated carbocycles. The predicted octanol–water partition coefficient (Wildman–Crippen LogP) is 4.16. The lowest BCUT2D eigenvalue weighted by Gasteiger charge is -2.51. The molecule has 0 unspecified atom stereocenters. The van der Waals surface area contributed by atoms with Crippen molar-refractivity contribution in [2.75, 3.05) is 0 Å². The van der Waals surface area contributed by atoms with Crippen molar-refractivity contribution >= 4 is 5.78 Å². The second kappa shape index (κ2) is 6.13. The van der Waals surface area contributed by atoms with E-state index < -0.39 is 0 Å². The number of carbonyl (C=O) groups excluding carboxylic acids is 1. The van der Waals surface area contributed by atoms with Crippen LogP contribution in [0.2, 0.25) is 0 Å². The average molecular weight is 303 g/mol. The first-order valence-electron chi connectivity index (χ1n) is 8.19. The highest BCUT2D eigenvalue weighted by Gasteiger charge is 2.46. The standard InChI is InChI=1S/C19H29NO2/c1-14-6-8-15(9-7-14)10-11-17(21)16-12-18(2,3)20(22)19(4,5)13-16/h6-9,16,22H,10-13H2,1-5H3. The number of nitrogens with zero attached hydrogens (tertiary/aromatic N) is 1. The number of Topliss-reactive ketones (excluding diaryl/α,β-unsaturated/α-hetero) is 1. The van der Waals surface area contributed by atoms with E-state index in [9.17, 15) is 10.0 Å². The number of hydrogen-bond acceptors (Lipinski definition) is 3. The topological polar surface area (TPSA) is 40.5 Å². The van der Waals surface area contributed by atoms with Crippen LogP contribution in [0.1, 0.15) is 58.1 Å². The molecule has 1 aromatic rings. The third kappa shape index (κ3) is 3.76. The molecule has 0 amide bonds. The van der Waals surface area contributed by atoms with Gasteiger partial charge in [-0.3, -0.25) is 4.79 Å². The second-order valence-electron chi connectivity index (χ2n) is 7.99. The highest BCUT2D eigenvalue weighted by molar-refractivity contribution is 5.81. The zero-order valence-electron chi connectivity index (χ0n) is 14.5. The quantitative estimate of drug-likeness (QED) is 0.908. The first kappa shape index (κ1) is 17.2. The fraction of sp³-hybridized carbons (Fsp3) is 0.632. The van der Waals surface area contributed by atoms with E-state index >= 15 is 0 Å². The normalized spacial score (nSPS) is 21.7. The molecule has 0 aliphatic carbocycles.